The number of nitrogens with one attached hydrogen (secondary N) is 1. The lowest BCUT2D eigenvalue weighted by Crippen LogP contribution is -2.48. The molecule has 3 rings (SSSR count). The summed E-state index contributed by atoms with van der Waals surface area (Å²) in [7, 11) is 0. The Labute approximate surface area is 154 Å². The minimum absolute atomic E-state index is 0.141. The van der Waals surface area contributed by atoms with Crippen molar-refractivity contribution in [2.24, 2.45) is 0 Å². The maximum Gasteiger partial charge on any atom is 0.317 e. The third-order valence-corrected chi connectivity index (χ3v) is 5.51. The summed E-state index contributed by atoms with van der Waals surface area (Å²) >= 11 is 0. The van der Waals surface area contributed by atoms with Crippen molar-refractivity contribution in [1.82, 2.24) is 15.1 Å². The highest BCUT2D eigenvalue weighted by atomic mass is 19.3. The molecule has 2 saturated heterocycles. The van der Waals surface area contributed by atoms with Crippen LogP contribution in [0.1, 0.15) is 44.1 Å². The topological polar surface area (TPSA) is 35.6 Å². The summed E-state index contributed by atoms with van der Waals surface area (Å²) < 4.78 is 26.4. The molecule has 144 valence electrons. The monoisotopic (exact) mass is 365 g/mol. The van der Waals surface area contributed by atoms with Gasteiger partial charge < -0.3 is 10.2 Å². The number of alkyl halides is 2. The second kappa shape index (κ2) is 8.80. The number of hydrogen-bond acceptors (Lipinski definition) is 2. The Balaban J connectivity index is 1.43. The predicted octanol–water partition coefficient (Wildman–Crippen LogP) is 3.87. The van der Waals surface area contributed by atoms with Gasteiger partial charge in [0, 0.05) is 45.1 Å². The molecule has 0 radical (unpaired) electrons. The zero-order valence-electron chi connectivity index (χ0n) is 15.3. The summed E-state index contributed by atoms with van der Waals surface area (Å²) in [5, 5.41) is 2.93. The first kappa shape index (κ1) is 19.1. The summed E-state index contributed by atoms with van der Waals surface area (Å²) in [4.78, 5) is 16.2. The second-order valence-corrected chi connectivity index (χ2v) is 7.47. The van der Waals surface area contributed by atoms with E-state index in [1.54, 1.807) is 0 Å². The molecule has 1 aromatic rings. The van der Waals surface area contributed by atoms with Crippen molar-refractivity contribution in [2.75, 3.05) is 26.2 Å². The highest BCUT2D eigenvalue weighted by molar-refractivity contribution is 5.74. The van der Waals surface area contributed by atoms with Crippen LogP contribution in [-0.2, 0) is 6.54 Å². The van der Waals surface area contributed by atoms with Gasteiger partial charge in [0.05, 0.1) is 0 Å². The van der Waals surface area contributed by atoms with Crippen molar-refractivity contribution >= 4 is 6.03 Å². The summed E-state index contributed by atoms with van der Waals surface area (Å²) in [5.41, 5.74) is 1.32. The van der Waals surface area contributed by atoms with E-state index in [4.69, 9.17) is 0 Å². The van der Waals surface area contributed by atoms with Crippen LogP contribution in [0.25, 0.3) is 0 Å². The van der Waals surface area contributed by atoms with Crippen LogP contribution in [0.3, 0.4) is 0 Å². The molecule has 26 heavy (non-hydrogen) atoms. The fourth-order valence-electron chi connectivity index (χ4n) is 3.91. The number of carbonyl (C=O) groups is 1. The Morgan fingerprint density at radius 1 is 1.12 bits per heavy atom. The molecule has 6 heteroatoms. The number of hydrogen-bond donors (Lipinski definition) is 1. The SMILES string of the molecule is O=C(NCC[C@H]1CCCCN1Cc1ccccc1)N1CCC(F)(F)CC1. The van der Waals surface area contributed by atoms with E-state index in [2.05, 4.69) is 34.5 Å². The molecule has 4 nitrogen and oxygen atoms in total. The Morgan fingerprint density at radius 3 is 2.58 bits per heavy atom. The van der Waals surface area contributed by atoms with Crippen LogP contribution in [0.5, 0.6) is 0 Å². The molecule has 2 fully saturated rings. The van der Waals surface area contributed by atoms with Gasteiger partial charge in [0.15, 0.2) is 0 Å². The molecular weight excluding hydrogens is 336 g/mol. The first-order valence-corrected chi connectivity index (χ1v) is 9.72. The average Bonchev–Trinajstić information content (AvgIpc) is 2.64. The van der Waals surface area contributed by atoms with Crippen LogP contribution in [0.15, 0.2) is 30.3 Å². The number of piperidine rings is 2. The van der Waals surface area contributed by atoms with E-state index in [9.17, 15) is 13.6 Å². The maximum absolute atomic E-state index is 13.2. The van der Waals surface area contributed by atoms with Crippen LogP contribution in [0.4, 0.5) is 13.6 Å². The van der Waals surface area contributed by atoms with E-state index in [-0.39, 0.29) is 32.0 Å². The van der Waals surface area contributed by atoms with Crippen molar-refractivity contribution in [3.8, 4) is 0 Å². The molecule has 2 aliphatic rings. The van der Waals surface area contributed by atoms with Crippen LogP contribution >= 0.6 is 0 Å². The molecule has 0 spiro atoms. The normalized spacial score (nSPS) is 23.6. The van der Waals surface area contributed by atoms with E-state index in [1.807, 2.05) is 6.07 Å². The minimum atomic E-state index is -2.61. The van der Waals surface area contributed by atoms with E-state index in [0.717, 1.165) is 25.9 Å². The molecule has 2 amide bonds. The van der Waals surface area contributed by atoms with Gasteiger partial charge in [0.1, 0.15) is 0 Å². The van der Waals surface area contributed by atoms with Crippen LogP contribution in [0.2, 0.25) is 0 Å². The van der Waals surface area contributed by atoms with Gasteiger partial charge in [-0.1, -0.05) is 36.8 Å². The molecule has 0 saturated carbocycles. The molecule has 1 atom stereocenters. The molecule has 1 aromatic carbocycles. The number of likely N-dealkylation sites (tertiary alicyclic amines) is 2. The molecule has 2 heterocycles. The van der Waals surface area contributed by atoms with E-state index in [1.165, 1.54) is 23.3 Å². The van der Waals surface area contributed by atoms with Gasteiger partial charge in [-0.3, -0.25) is 4.90 Å². The van der Waals surface area contributed by atoms with Crippen LogP contribution < -0.4 is 5.32 Å². The van der Waals surface area contributed by atoms with Gasteiger partial charge in [-0.15, -0.1) is 0 Å². The van der Waals surface area contributed by atoms with Crippen molar-refractivity contribution < 1.29 is 13.6 Å². The van der Waals surface area contributed by atoms with E-state index >= 15 is 0 Å². The maximum atomic E-state index is 13.2. The van der Waals surface area contributed by atoms with Gasteiger partial charge in [-0.2, -0.15) is 0 Å². The average molecular weight is 365 g/mol. The van der Waals surface area contributed by atoms with Gasteiger partial charge >= 0.3 is 6.03 Å². The highest BCUT2D eigenvalue weighted by Gasteiger charge is 2.35. The lowest BCUT2D eigenvalue weighted by molar-refractivity contribution is -0.0469. The Hall–Kier alpha value is -1.69. The third kappa shape index (κ3) is 5.40. The van der Waals surface area contributed by atoms with Crippen molar-refractivity contribution in [3.05, 3.63) is 35.9 Å². The lowest BCUT2D eigenvalue weighted by atomic mass is 9.98. The molecule has 1 N–H and O–H groups in total. The molecule has 0 bridgehead atoms. The highest BCUT2D eigenvalue weighted by Crippen LogP contribution is 2.27. The van der Waals surface area contributed by atoms with Crippen LogP contribution in [0, 0.1) is 0 Å². The predicted molar refractivity (Wildman–Crippen MR) is 98.3 cm³/mol. The standard InChI is InChI=1S/C20H29F2N3O/c21-20(22)10-14-24(15-11-20)19(26)23-12-9-18-8-4-5-13-25(18)16-17-6-2-1-3-7-17/h1-3,6-7,18H,4-5,8-16H2,(H,23,26)/t18-/m1/s1. The summed E-state index contributed by atoms with van der Waals surface area (Å²) in [6.07, 6.45) is 4.05. The van der Waals surface area contributed by atoms with Gasteiger partial charge in [-0.25, -0.2) is 13.6 Å². The van der Waals surface area contributed by atoms with E-state index < -0.39 is 5.92 Å². The fourth-order valence-corrected chi connectivity index (χ4v) is 3.91. The minimum Gasteiger partial charge on any atom is -0.338 e. The van der Waals surface area contributed by atoms with Gasteiger partial charge in [-0.05, 0) is 31.4 Å². The number of benzene rings is 1. The largest absolute Gasteiger partial charge is 0.338 e. The Bertz CT molecular complexity index is 572. The zero-order valence-corrected chi connectivity index (χ0v) is 15.3. The molecule has 0 aromatic heterocycles. The Morgan fingerprint density at radius 2 is 1.85 bits per heavy atom. The van der Waals surface area contributed by atoms with Crippen molar-refractivity contribution in [1.29, 1.82) is 0 Å². The quantitative estimate of drug-likeness (QED) is 0.860. The number of urea groups is 1. The number of halogens is 2. The summed E-state index contributed by atoms with van der Waals surface area (Å²) in [6, 6.07) is 10.7. The zero-order chi connectivity index (χ0) is 18.4. The lowest BCUT2D eigenvalue weighted by Gasteiger charge is -2.36. The molecular formula is C20H29F2N3O. The number of carbonyl (C=O) groups excluding carboxylic acids is 1. The van der Waals surface area contributed by atoms with Crippen LogP contribution in [-0.4, -0.2) is 54.0 Å². The first-order valence-electron chi connectivity index (χ1n) is 9.72. The van der Waals surface area contributed by atoms with E-state index in [0.29, 0.717) is 12.6 Å². The number of nitrogens with zero attached hydrogens (tertiary/aromatic N) is 2. The van der Waals surface area contributed by atoms with Crippen molar-refractivity contribution in [3.63, 3.8) is 0 Å². The smallest absolute Gasteiger partial charge is 0.317 e. The second-order valence-electron chi connectivity index (χ2n) is 7.47. The molecule has 2 aliphatic heterocycles. The van der Waals surface area contributed by atoms with Gasteiger partial charge in [0.25, 0.3) is 5.92 Å². The Kier molecular flexibility index (Phi) is 6.46. The summed E-state index contributed by atoms with van der Waals surface area (Å²) in [5.74, 6) is -2.61. The number of amides is 2. The number of rotatable bonds is 5. The molecule has 0 unspecified atom stereocenters. The van der Waals surface area contributed by atoms with Gasteiger partial charge in [0.2, 0.25) is 0 Å². The summed E-state index contributed by atoms with van der Waals surface area (Å²) in [6.45, 7) is 2.92. The third-order valence-electron chi connectivity index (χ3n) is 5.51. The van der Waals surface area contributed by atoms with Crippen molar-refractivity contribution in [2.45, 2.75) is 57.0 Å². The first-order chi connectivity index (χ1) is 12.5. The molecule has 0 aliphatic carbocycles. The fraction of sp³-hybridized carbons (Fsp3) is 0.650.